The lowest BCUT2D eigenvalue weighted by atomic mass is 9.91. The van der Waals surface area contributed by atoms with E-state index in [-0.39, 0.29) is 12.1 Å². The molecule has 0 saturated carbocycles. The van der Waals surface area contributed by atoms with E-state index in [1.165, 1.54) is 0 Å². The molecule has 4 nitrogen and oxygen atoms in total. The molecule has 0 heterocycles. The Hall–Kier alpha value is -0.610. The van der Waals surface area contributed by atoms with E-state index in [0.29, 0.717) is 5.92 Å². The number of hydrogen-bond acceptors (Lipinski definition) is 3. The molecule has 0 fully saturated rings. The summed E-state index contributed by atoms with van der Waals surface area (Å²) >= 11 is 0. The van der Waals surface area contributed by atoms with Crippen molar-refractivity contribution in [1.82, 2.24) is 10.2 Å². The second-order valence-electron chi connectivity index (χ2n) is 5.33. The highest BCUT2D eigenvalue weighted by atomic mass is 16.4. The Balaban J connectivity index is 4.50. The summed E-state index contributed by atoms with van der Waals surface area (Å²) in [4.78, 5) is 12.9. The van der Waals surface area contributed by atoms with Crippen LogP contribution < -0.4 is 5.32 Å². The number of nitrogens with one attached hydrogen (secondary N) is 1. The zero-order valence-electron chi connectivity index (χ0n) is 11.2. The number of aliphatic carboxylic acids is 1. The molecule has 0 saturated heterocycles. The number of likely N-dealkylation sites (N-methyl/N-ethyl adjacent to an activating group) is 1. The van der Waals surface area contributed by atoms with Crippen molar-refractivity contribution in [3.8, 4) is 0 Å². The van der Waals surface area contributed by atoms with Crippen LogP contribution in [0.3, 0.4) is 0 Å². The average Bonchev–Trinajstić information content (AvgIpc) is 2.09. The van der Waals surface area contributed by atoms with E-state index < -0.39 is 5.97 Å². The zero-order chi connectivity index (χ0) is 12.8. The molecule has 2 N–H and O–H groups in total. The van der Waals surface area contributed by atoms with Crippen LogP contribution in [0.15, 0.2) is 0 Å². The van der Waals surface area contributed by atoms with Crippen LogP contribution in [0.1, 0.15) is 34.1 Å². The molecule has 0 unspecified atom stereocenters. The minimum Gasteiger partial charge on any atom is -0.480 e. The van der Waals surface area contributed by atoms with E-state index in [2.05, 4.69) is 33.0 Å². The lowest BCUT2D eigenvalue weighted by molar-refractivity contribution is -0.140. The van der Waals surface area contributed by atoms with Crippen molar-refractivity contribution in [2.75, 3.05) is 26.7 Å². The Bertz CT molecular complexity index is 215. The van der Waals surface area contributed by atoms with E-state index >= 15 is 0 Å². The van der Waals surface area contributed by atoms with Crippen molar-refractivity contribution in [3.63, 3.8) is 0 Å². The van der Waals surface area contributed by atoms with Gasteiger partial charge in [0.1, 0.15) is 0 Å². The van der Waals surface area contributed by atoms with E-state index in [4.69, 9.17) is 5.11 Å². The molecule has 0 atom stereocenters. The van der Waals surface area contributed by atoms with Gasteiger partial charge in [-0.25, -0.2) is 0 Å². The van der Waals surface area contributed by atoms with E-state index in [1.54, 1.807) is 0 Å². The van der Waals surface area contributed by atoms with Crippen LogP contribution in [0.5, 0.6) is 0 Å². The largest absolute Gasteiger partial charge is 0.480 e. The molecule has 0 aliphatic carbocycles. The topological polar surface area (TPSA) is 52.6 Å². The SMILES string of the molecule is CNCCN(CC(=O)O)C(C)(C)CC(C)C. The van der Waals surface area contributed by atoms with Crippen molar-refractivity contribution < 1.29 is 9.90 Å². The molecule has 0 aromatic rings. The van der Waals surface area contributed by atoms with Crippen LogP contribution in [-0.4, -0.2) is 48.2 Å². The lowest BCUT2D eigenvalue weighted by Gasteiger charge is -2.39. The smallest absolute Gasteiger partial charge is 0.317 e. The van der Waals surface area contributed by atoms with Gasteiger partial charge in [0.25, 0.3) is 0 Å². The van der Waals surface area contributed by atoms with Gasteiger partial charge in [0.15, 0.2) is 0 Å². The summed E-state index contributed by atoms with van der Waals surface area (Å²) < 4.78 is 0. The number of nitrogens with zero attached hydrogens (tertiary/aromatic N) is 1. The summed E-state index contributed by atoms with van der Waals surface area (Å²) in [6.45, 7) is 10.3. The summed E-state index contributed by atoms with van der Waals surface area (Å²) in [5.74, 6) is -0.186. The van der Waals surface area contributed by atoms with E-state index in [1.807, 2.05) is 11.9 Å². The van der Waals surface area contributed by atoms with Gasteiger partial charge in [0.05, 0.1) is 6.54 Å². The predicted octanol–water partition coefficient (Wildman–Crippen LogP) is 1.42. The summed E-state index contributed by atoms with van der Waals surface area (Å²) in [6, 6.07) is 0. The summed E-state index contributed by atoms with van der Waals surface area (Å²) in [6.07, 6.45) is 1.00. The first-order chi connectivity index (χ1) is 7.29. The summed E-state index contributed by atoms with van der Waals surface area (Å²) in [5, 5.41) is 12.0. The molecule has 0 aromatic heterocycles. The van der Waals surface area contributed by atoms with Crippen molar-refractivity contribution in [1.29, 1.82) is 0 Å². The number of carboxylic acid groups (broad SMARTS) is 1. The van der Waals surface area contributed by atoms with Gasteiger partial charge in [-0.15, -0.1) is 0 Å². The van der Waals surface area contributed by atoms with Gasteiger partial charge in [-0.2, -0.15) is 0 Å². The third kappa shape index (κ3) is 6.08. The molecular formula is C12H26N2O2. The Kier molecular flexibility index (Phi) is 6.60. The molecule has 0 spiro atoms. The third-order valence-corrected chi connectivity index (χ3v) is 2.72. The fraction of sp³-hybridized carbons (Fsp3) is 0.917. The van der Waals surface area contributed by atoms with Crippen LogP contribution in [0.25, 0.3) is 0 Å². The molecule has 0 aliphatic heterocycles. The van der Waals surface area contributed by atoms with Crippen LogP contribution in [0, 0.1) is 5.92 Å². The van der Waals surface area contributed by atoms with Crippen LogP contribution >= 0.6 is 0 Å². The van der Waals surface area contributed by atoms with E-state index in [0.717, 1.165) is 19.5 Å². The van der Waals surface area contributed by atoms with Gasteiger partial charge in [-0.3, -0.25) is 9.69 Å². The van der Waals surface area contributed by atoms with Gasteiger partial charge in [0, 0.05) is 18.6 Å². The Morgan fingerprint density at radius 1 is 1.44 bits per heavy atom. The van der Waals surface area contributed by atoms with Crippen molar-refractivity contribution in [3.05, 3.63) is 0 Å². The number of carbonyl (C=O) groups is 1. The lowest BCUT2D eigenvalue weighted by Crippen LogP contribution is -2.49. The number of rotatable bonds is 8. The molecule has 4 heteroatoms. The standard InChI is InChI=1S/C12H26N2O2/c1-10(2)8-12(3,4)14(7-6-13-5)9-11(15)16/h10,13H,6-9H2,1-5H3,(H,15,16). The Labute approximate surface area is 99.0 Å². The highest BCUT2D eigenvalue weighted by Gasteiger charge is 2.28. The first-order valence-corrected chi connectivity index (χ1v) is 5.91. The number of hydrogen-bond donors (Lipinski definition) is 2. The Morgan fingerprint density at radius 3 is 2.38 bits per heavy atom. The van der Waals surface area contributed by atoms with Crippen molar-refractivity contribution in [2.45, 2.75) is 39.7 Å². The maximum atomic E-state index is 10.8. The molecule has 0 radical (unpaired) electrons. The molecular weight excluding hydrogens is 204 g/mol. The van der Waals surface area contributed by atoms with Gasteiger partial charge < -0.3 is 10.4 Å². The van der Waals surface area contributed by atoms with Crippen molar-refractivity contribution in [2.24, 2.45) is 5.92 Å². The van der Waals surface area contributed by atoms with E-state index in [9.17, 15) is 4.79 Å². The second kappa shape index (κ2) is 6.86. The number of carboxylic acids is 1. The Morgan fingerprint density at radius 2 is 2.00 bits per heavy atom. The summed E-state index contributed by atoms with van der Waals surface area (Å²) in [7, 11) is 1.88. The minimum absolute atomic E-state index is 0.0661. The quantitative estimate of drug-likeness (QED) is 0.662. The maximum absolute atomic E-state index is 10.8. The highest BCUT2D eigenvalue weighted by Crippen LogP contribution is 2.22. The first kappa shape index (κ1) is 15.4. The fourth-order valence-electron chi connectivity index (χ4n) is 2.13. The molecule has 0 rings (SSSR count). The maximum Gasteiger partial charge on any atom is 0.317 e. The fourth-order valence-corrected chi connectivity index (χ4v) is 2.13. The van der Waals surface area contributed by atoms with Gasteiger partial charge >= 0.3 is 5.97 Å². The molecule has 96 valence electrons. The predicted molar refractivity (Wildman–Crippen MR) is 66.7 cm³/mol. The van der Waals surface area contributed by atoms with Crippen LogP contribution in [0.4, 0.5) is 0 Å². The van der Waals surface area contributed by atoms with Crippen molar-refractivity contribution >= 4 is 5.97 Å². The second-order valence-corrected chi connectivity index (χ2v) is 5.33. The highest BCUT2D eigenvalue weighted by molar-refractivity contribution is 5.69. The monoisotopic (exact) mass is 230 g/mol. The van der Waals surface area contributed by atoms with Gasteiger partial charge in [0.2, 0.25) is 0 Å². The molecule has 0 aromatic carbocycles. The molecule has 0 aliphatic rings. The molecule has 16 heavy (non-hydrogen) atoms. The molecule has 0 bridgehead atoms. The minimum atomic E-state index is -0.757. The van der Waals surface area contributed by atoms with Gasteiger partial charge in [-0.05, 0) is 33.2 Å². The molecule has 0 amide bonds. The van der Waals surface area contributed by atoms with Gasteiger partial charge in [-0.1, -0.05) is 13.8 Å². The average molecular weight is 230 g/mol. The first-order valence-electron chi connectivity index (χ1n) is 5.91. The normalized spacial score (nSPS) is 12.4. The van der Waals surface area contributed by atoms with Crippen LogP contribution in [-0.2, 0) is 4.79 Å². The third-order valence-electron chi connectivity index (χ3n) is 2.72. The zero-order valence-corrected chi connectivity index (χ0v) is 11.2. The summed E-state index contributed by atoms with van der Waals surface area (Å²) in [5.41, 5.74) is -0.0661. The van der Waals surface area contributed by atoms with Crippen LogP contribution in [0.2, 0.25) is 0 Å².